The van der Waals surface area contributed by atoms with Gasteiger partial charge in [0.15, 0.2) is 0 Å². The van der Waals surface area contributed by atoms with Gasteiger partial charge in [0.25, 0.3) is 0 Å². The van der Waals surface area contributed by atoms with Gasteiger partial charge >= 0.3 is 0 Å². The van der Waals surface area contributed by atoms with Crippen molar-refractivity contribution in [1.82, 2.24) is 4.98 Å². The molecule has 4 heteroatoms. The Balaban J connectivity index is 1.76. The number of nitrogens with two attached hydrogens (primary N) is 1. The van der Waals surface area contributed by atoms with Crippen LogP contribution in [-0.2, 0) is 6.61 Å². The SMILES string of the molecule is NCC#Cc1ccsc1COc1ccc2cccnc2c1. The van der Waals surface area contributed by atoms with Crippen molar-refractivity contribution in [2.75, 3.05) is 6.54 Å². The second-order valence-electron chi connectivity index (χ2n) is 4.41. The Morgan fingerprint density at radius 2 is 2.19 bits per heavy atom. The number of nitrogens with zero attached hydrogens (tertiary/aromatic N) is 1. The normalized spacial score (nSPS) is 10.1. The zero-order valence-corrected chi connectivity index (χ0v) is 12.2. The summed E-state index contributed by atoms with van der Waals surface area (Å²) in [6.07, 6.45) is 1.78. The zero-order valence-electron chi connectivity index (χ0n) is 11.4. The van der Waals surface area contributed by atoms with E-state index in [9.17, 15) is 0 Å². The van der Waals surface area contributed by atoms with Crippen LogP contribution in [0.5, 0.6) is 5.75 Å². The highest BCUT2D eigenvalue weighted by atomic mass is 32.1. The first kappa shape index (κ1) is 13.6. The second kappa shape index (κ2) is 6.40. The number of hydrogen-bond acceptors (Lipinski definition) is 4. The fourth-order valence-electron chi connectivity index (χ4n) is 1.99. The summed E-state index contributed by atoms with van der Waals surface area (Å²) >= 11 is 1.64. The van der Waals surface area contributed by atoms with Crippen LogP contribution in [0.1, 0.15) is 10.4 Å². The van der Waals surface area contributed by atoms with Crippen LogP contribution >= 0.6 is 11.3 Å². The maximum absolute atomic E-state index is 5.85. The maximum Gasteiger partial charge on any atom is 0.124 e. The highest BCUT2D eigenvalue weighted by Crippen LogP contribution is 2.22. The molecule has 1 aromatic carbocycles. The Morgan fingerprint density at radius 3 is 3.10 bits per heavy atom. The fourth-order valence-corrected chi connectivity index (χ4v) is 2.74. The molecule has 0 fully saturated rings. The van der Waals surface area contributed by atoms with E-state index in [2.05, 4.69) is 16.8 Å². The summed E-state index contributed by atoms with van der Waals surface area (Å²) < 4.78 is 5.85. The quantitative estimate of drug-likeness (QED) is 0.755. The van der Waals surface area contributed by atoms with Gasteiger partial charge in [0.1, 0.15) is 12.4 Å². The predicted octanol–water partition coefficient (Wildman–Crippen LogP) is 3.19. The van der Waals surface area contributed by atoms with Crippen molar-refractivity contribution in [1.29, 1.82) is 0 Å². The summed E-state index contributed by atoms with van der Waals surface area (Å²) in [5.74, 6) is 6.75. The number of hydrogen-bond donors (Lipinski definition) is 1. The monoisotopic (exact) mass is 294 g/mol. The van der Waals surface area contributed by atoms with Crippen LogP contribution in [0, 0.1) is 11.8 Å². The zero-order chi connectivity index (χ0) is 14.5. The molecule has 21 heavy (non-hydrogen) atoms. The minimum atomic E-state index is 0.368. The molecule has 0 aliphatic rings. The van der Waals surface area contributed by atoms with Crippen LogP contribution < -0.4 is 10.5 Å². The Hall–Kier alpha value is -2.35. The highest BCUT2D eigenvalue weighted by molar-refractivity contribution is 7.10. The number of rotatable bonds is 3. The molecule has 0 amide bonds. The Bertz CT molecular complexity index is 814. The lowest BCUT2D eigenvalue weighted by Gasteiger charge is -2.06. The highest BCUT2D eigenvalue weighted by Gasteiger charge is 2.04. The first-order valence-corrected chi connectivity index (χ1v) is 7.47. The number of fused-ring (bicyclic) bond motifs is 1. The molecule has 0 atom stereocenters. The van der Waals surface area contributed by atoms with Gasteiger partial charge in [-0.2, -0.15) is 0 Å². The first-order valence-electron chi connectivity index (χ1n) is 6.60. The molecule has 0 unspecified atom stereocenters. The van der Waals surface area contributed by atoms with E-state index in [1.165, 1.54) is 0 Å². The molecule has 0 spiro atoms. The second-order valence-corrected chi connectivity index (χ2v) is 5.41. The van der Waals surface area contributed by atoms with E-state index in [1.807, 2.05) is 41.8 Å². The van der Waals surface area contributed by atoms with Crippen molar-refractivity contribution < 1.29 is 4.74 Å². The molecule has 3 nitrogen and oxygen atoms in total. The van der Waals surface area contributed by atoms with Crippen LogP contribution in [0.25, 0.3) is 10.9 Å². The summed E-state index contributed by atoms with van der Waals surface area (Å²) in [5, 5.41) is 3.12. The van der Waals surface area contributed by atoms with E-state index in [1.54, 1.807) is 17.5 Å². The first-order chi connectivity index (χ1) is 10.4. The standard InChI is InChI=1S/C17H14N2OS/c18-8-1-3-14-7-10-21-17(14)12-20-15-6-5-13-4-2-9-19-16(13)11-15/h2,4-7,9-11H,8,12,18H2. The van der Waals surface area contributed by atoms with Crippen LogP contribution in [-0.4, -0.2) is 11.5 Å². The molecule has 0 aliphatic heterocycles. The molecule has 2 N–H and O–H groups in total. The van der Waals surface area contributed by atoms with Crippen molar-refractivity contribution in [3.63, 3.8) is 0 Å². The average molecular weight is 294 g/mol. The van der Waals surface area contributed by atoms with E-state index in [4.69, 9.17) is 10.5 Å². The topological polar surface area (TPSA) is 48.1 Å². The molecule has 0 saturated heterocycles. The molecule has 2 aromatic heterocycles. The molecule has 2 heterocycles. The summed E-state index contributed by atoms with van der Waals surface area (Å²) in [6, 6.07) is 11.9. The fraction of sp³-hybridized carbons (Fsp3) is 0.118. The summed E-state index contributed by atoms with van der Waals surface area (Å²) in [7, 11) is 0. The average Bonchev–Trinajstić information content (AvgIpc) is 2.98. The molecule has 104 valence electrons. The molecule has 0 bridgehead atoms. The Morgan fingerprint density at radius 1 is 1.24 bits per heavy atom. The van der Waals surface area contributed by atoms with Gasteiger partial charge < -0.3 is 10.5 Å². The molecule has 0 radical (unpaired) electrons. The lowest BCUT2D eigenvalue weighted by atomic mass is 10.2. The molecular formula is C17H14N2OS. The van der Waals surface area contributed by atoms with E-state index < -0.39 is 0 Å². The van der Waals surface area contributed by atoms with Gasteiger partial charge in [-0.3, -0.25) is 4.98 Å². The van der Waals surface area contributed by atoms with Crippen molar-refractivity contribution >= 4 is 22.2 Å². The Kier molecular flexibility index (Phi) is 4.15. The van der Waals surface area contributed by atoms with E-state index in [-0.39, 0.29) is 0 Å². The van der Waals surface area contributed by atoms with Crippen LogP contribution in [0.4, 0.5) is 0 Å². The third-order valence-electron chi connectivity index (χ3n) is 3.02. The van der Waals surface area contributed by atoms with Gasteiger partial charge in [0.2, 0.25) is 0 Å². The van der Waals surface area contributed by atoms with Crippen molar-refractivity contribution in [2.45, 2.75) is 6.61 Å². The third-order valence-corrected chi connectivity index (χ3v) is 3.91. The number of aromatic nitrogens is 1. The molecule has 3 rings (SSSR count). The van der Waals surface area contributed by atoms with Gasteiger partial charge in [-0.05, 0) is 29.6 Å². The van der Waals surface area contributed by atoms with E-state index in [0.717, 1.165) is 27.1 Å². The number of ether oxygens (including phenoxy) is 1. The molecule has 3 aromatic rings. The summed E-state index contributed by atoms with van der Waals surface area (Å²) in [5.41, 5.74) is 7.33. The van der Waals surface area contributed by atoms with Gasteiger partial charge in [-0.25, -0.2) is 0 Å². The van der Waals surface area contributed by atoms with Crippen LogP contribution in [0.15, 0.2) is 48.0 Å². The minimum absolute atomic E-state index is 0.368. The maximum atomic E-state index is 5.85. The van der Waals surface area contributed by atoms with Crippen LogP contribution in [0.3, 0.4) is 0 Å². The molecular weight excluding hydrogens is 280 g/mol. The summed E-state index contributed by atoms with van der Waals surface area (Å²) in [6.45, 7) is 0.872. The van der Waals surface area contributed by atoms with Gasteiger partial charge in [0.05, 0.1) is 16.9 Å². The van der Waals surface area contributed by atoms with Gasteiger partial charge in [0, 0.05) is 23.2 Å². The van der Waals surface area contributed by atoms with Gasteiger partial charge in [-0.1, -0.05) is 17.9 Å². The predicted molar refractivity (Wildman–Crippen MR) is 86.3 cm³/mol. The van der Waals surface area contributed by atoms with E-state index >= 15 is 0 Å². The van der Waals surface area contributed by atoms with E-state index in [0.29, 0.717) is 13.2 Å². The lowest BCUT2D eigenvalue weighted by molar-refractivity contribution is 0.310. The van der Waals surface area contributed by atoms with Crippen molar-refractivity contribution in [3.05, 3.63) is 58.4 Å². The van der Waals surface area contributed by atoms with Crippen molar-refractivity contribution in [3.8, 4) is 17.6 Å². The van der Waals surface area contributed by atoms with Crippen molar-refractivity contribution in [2.24, 2.45) is 5.73 Å². The number of benzene rings is 1. The third kappa shape index (κ3) is 3.22. The molecule has 0 aliphatic carbocycles. The largest absolute Gasteiger partial charge is 0.488 e. The number of thiophene rings is 1. The summed E-state index contributed by atoms with van der Waals surface area (Å²) in [4.78, 5) is 5.44. The number of pyridine rings is 1. The Labute approximate surface area is 127 Å². The van der Waals surface area contributed by atoms with Crippen LogP contribution in [0.2, 0.25) is 0 Å². The minimum Gasteiger partial charge on any atom is -0.488 e. The lowest BCUT2D eigenvalue weighted by Crippen LogP contribution is -1.96. The smallest absolute Gasteiger partial charge is 0.124 e. The molecule has 0 saturated carbocycles. The van der Waals surface area contributed by atoms with Gasteiger partial charge in [-0.15, -0.1) is 11.3 Å².